The summed E-state index contributed by atoms with van der Waals surface area (Å²) in [7, 11) is 0. The average molecular weight is 485 g/mol. The van der Waals surface area contributed by atoms with Crippen LogP contribution in [-0.4, -0.2) is 44.1 Å². The normalized spacial score (nSPS) is 11.9. The molecule has 0 saturated heterocycles. The number of hydrogen-bond acceptors (Lipinski definition) is 4. The second kappa shape index (κ2) is 11.4. The summed E-state index contributed by atoms with van der Waals surface area (Å²) in [6, 6.07) is 5.75. The number of nitrogens with zero attached hydrogens (tertiary/aromatic N) is 4. The summed E-state index contributed by atoms with van der Waals surface area (Å²) in [6.45, 7) is 15.2. The largest absolute Gasteiger partial charge is 0.339 e. The molecule has 0 unspecified atom stereocenters. The maximum atomic E-state index is 13.6. The minimum Gasteiger partial charge on any atom is -0.339 e. The van der Waals surface area contributed by atoms with Gasteiger partial charge in [0.05, 0.1) is 21.6 Å². The number of hydrogen-bond donors (Lipinski definition) is 0. The molecule has 0 aliphatic heterocycles. The van der Waals surface area contributed by atoms with E-state index in [1.54, 1.807) is 4.40 Å². The van der Waals surface area contributed by atoms with Crippen molar-refractivity contribution in [2.75, 3.05) is 19.3 Å². The first-order valence-corrected chi connectivity index (χ1v) is 13.9. The average Bonchev–Trinajstić information content (AvgIpc) is 3.11. The SMILES string of the molecule is CCCn1c2cc(C(=O)N(CCC(C)C)CCC(C)C)ccc2n2c(=O)c(SC)c(CC)nc12. The molecule has 34 heavy (non-hydrogen) atoms. The number of aryl methyl sites for hydroxylation is 2. The van der Waals surface area contributed by atoms with Crippen LogP contribution in [0.5, 0.6) is 0 Å². The number of fused-ring (bicyclic) bond motifs is 3. The van der Waals surface area contributed by atoms with Gasteiger partial charge in [-0.2, -0.15) is 0 Å². The van der Waals surface area contributed by atoms with Crippen LogP contribution in [0.4, 0.5) is 0 Å². The molecule has 0 fully saturated rings. The van der Waals surface area contributed by atoms with Gasteiger partial charge in [-0.3, -0.25) is 9.59 Å². The molecule has 0 aliphatic carbocycles. The van der Waals surface area contributed by atoms with Gasteiger partial charge in [-0.15, -0.1) is 11.8 Å². The molecule has 3 aromatic rings. The van der Waals surface area contributed by atoms with E-state index in [-0.39, 0.29) is 11.5 Å². The highest BCUT2D eigenvalue weighted by molar-refractivity contribution is 7.98. The Kier molecular flexibility index (Phi) is 8.85. The highest BCUT2D eigenvalue weighted by Crippen LogP contribution is 2.25. The smallest absolute Gasteiger partial charge is 0.273 e. The zero-order valence-corrected chi connectivity index (χ0v) is 22.7. The van der Waals surface area contributed by atoms with E-state index < -0.39 is 0 Å². The predicted octanol–water partition coefficient (Wildman–Crippen LogP) is 5.88. The van der Waals surface area contributed by atoms with E-state index >= 15 is 0 Å². The van der Waals surface area contributed by atoms with Gasteiger partial charge in [0.1, 0.15) is 0 Å². The number of thioether (sulfide) groups is 1. The van der Waals surface area contributed by atoms with E-state index in [2.05, 4.69) is 39.2 Å². The zero-order chi connectivity index (χ0) is 25.0. The second-order valence-corrected chi connectivity index (χ2v) is 10.7. The number of imidazole rings is 1. The minimum atomic E-state index is -0.0243. The molecule has 1 aromatic carbocycles. The number of amides is 1. The van der Waals surface area contributed by atoms with E-state index in [0.29, 0.717) is 34.5 Å². The van der Waals surface area contributed by atoms with E-state index in [1.165, 1.54) is 11.8 Å². The molecule has 2 aromatic heterocycles. The van der Waals surface area contributed by atoms with Gasteiger partial charge < -0.3 is 9.47 Å². The molecule has 7 heteroatoms. The fourth-order valence-electron chi connectivity index (χ4n) is 4.32. The Morgan fingerprint density at radius 1 is 1.06 bits per heavy atom. The Labute approximate surface area is 207 Å². The van der Waals surface area contributed by atoms with E-state index in [0.717, 1.165) is 55.6 Å². The Balaban J connectivity index is 2.15. The van der Waals surface area contributed by atoms with Gasteiger partial charge >= 0.3 is 0 Å². The second-order valence-electron chi connectivity index (χ2n) is 9.90. The van der Waals surface area contributed by atoms with Crippen LogP contribution in [-0.2, 0) is 13.0 Å². The molecule has 2 heterocycles. The van der Waals surface area contributed by atoms with E-state index in [9.17, 15) is 9.59 Å². The fourth-order valence-corrected chi connectivity index (χ4v) is 5.01. The van der Waals surface area contributed by atoms with Gasteiger partial charge in [-0.05, 0) is 62.0 Å². The third kappa shape index (κ3) is 5.35. The van der Waals surface area contributed by atoms with Crippen molar-refractivity contribution in [3.05, 3.63) is 39.8 Å². The topological polar surface area (TPSA) is 59.6 Å². The lowest BCUT2D eigenvalue weighted by Crippen LogP contribution is -2.34. The summed E-state index contributed by atoms with van der Waals surface area (Å²) in [6.07, 6.45) is 5.51. The summed E-state index contributed by atoms with van der Waals surface area (Å²) in [5.41, 5.74) is 3.19. The highest BCUT2D eigenvalue weighted by Gasteiger charge is 2.21. The lowest BCUT2D eigenvalue weighted by molar-refractivity contribution is 0.0741. The lowest BCUT2D eigenvalue weighted by Gasteiger charge is -2.24. The maximum Gasteiger partial charge on any atom is 0.273 e. The molecule has 0 bridgehead atoms. The summed E-state index contributed by atoms with van der Waals surface area (Å²) in [5, 5.41) is 0. The molecule has 0 radical (unpaired) electrons. The zero-order valence-electron chi connectivity index (χ0n) is 21.9. The van der Waals surface area contributed by atoms with Gasteiger partial charge in [0.2, 0.25) is 5.78 Å². The summed E-state index contributed by atoms with van der Waals surface area (Å²) in [5.74, 6) is 1.81. The molecule has 0 N–H and O–H groups in total. The van der Waals surface area contributed by atoms with E-state index in [4.69, 9.17) is 4.98 Å². The molecule has 3 rings (SSSR count). The van der Waals surface area contributed by atoms with Crippen molar-refractivity contribution >= 4 is 34.5 Å². The third-order valence-corrected chi connectivity index (χ3v) is 7.13. The van der Waals surface area contributed by atoms with Crippen LogP contribution in [0, 0.1) is 11.8 Å². The molecule has 186 valence electrons. The van der Waals surface area contributed by atoms with Gasteiger partial charge in [0.25, 0.3) is 11.5 Å². The van der Waals surface area contributed by atoms with Crippen molar-refractivity contribution in [1.29, 1.82) is 0 Å². The Bertz CT molecular complexity index is 1200. The van der Waals surface area contributed by atoms with Gasteiger partial charge in [0, 0.05) is 25.2 Å². The van der Waals surface area contributed by atoms with Crippen LogP contribution in [0.1, 0.15) is 76.9 Å². The first-order valence-electron chi connectivity index (χ1n) is 12.6. The number of rotatable bonds is 11. The lowest BCUT2D eigenvalue weighted by atomic mass is 10.1. The maximum absolute atomic E-state index is 13.6. The monoisotopic (exact) mass is 484 g/mol. The third-order valence-electron chi connectivity index (χ3n) is 6.32. The molecule has 1 amide bonds. The molecule has 0 saturated carbocycles. The van der Waals surface area contributed by atoms with Gasteiger partial charge in [0.15, 0.2) is 0 Å². The highest BCUT2D eigenvalue weighted by atomic mass is 32.2. The summed E-state index contributed by atoms with van der Waals surface area (Å²) >= 11 is 1.45. The van der Waals surface area contributed by atoms with Crippen LogP contribution in [0.2, 0.25) is 0 Å². The van der Waals surface area contributed by atoms with Crippen molar-refractivity contribution in [3.8, 4) is 0 Å². The quantitative estimate of drug-likeness (QED) is 0.319. The van der Waals surface area contributed by atoms with Crippen LogP contribution in [0.25, 0.3) is 16.8 Å². The molecule has 0 atom stereocenters. The van der Waals surface area contributed by atoms with Crippen molar-refractivity contribution in [2.24, 2.45) is 11.8 Å². The Morgan fingerprint density at radius 3 is 2.24 bits per heavy atom. The van der Waals surface area contributed by atoms with Crippen LogP contribution >= 0.6 is 11.8 Å². The van der Waals surface area contributed by atoms with Gasteiger partial charge in [-0.25, -0.2) is 9.38 Å². The van der Waals surface area contributed by atoms with Crippen molar-refractivity contribution in [2.45, 2.75) is 78.7 Å². The Hall–Kier alpha value is -2.28. The van der Waals surface area contributed by atoms with E-state index in [1.807, 2.05) is 36.3 Å². The van der Waals surface area contributed by atoms with Crippen LogP contribution in [0.3, 0.4) is 0 Å². The van der Waals surface area contributed by atoms with Crippen molar-refractivity contribution in [1.82, 2.24) is 18.9 Å². The van der Waals surface area contributed by atoms with Crippen LogP contribution in [0.15, 0.2) is 27.9 Å². The molecular weight excluding hydrogens is 444 g/mol. The first-order chi connectivity index (χ1) is 16.2. The predicted molar refractivity (Wildman–Crippen MR) is 143 cm³/mol. The van der Waals surface area contributed by atoms with Crippen LogP contribution < -0.4 is 5.56 Å². The van der Waals surface area contributed by atoms with Crippen molar-refractivity contribution < 1.29 is 4.79 Å². The number of benzene rings is 1. The molecule has 6 nitrogen and oxygen atoms in total. The van der Waals surface area contributed by atoms with Gasteiger partial charge in [-0.1, -0.05) is 41.5 Å². The minimum absolute atomic E-state index is 0.0243. The fraction of sp³-hybridized carbons (Fsp3) is 0.593. The number of carbonyl (C=O) groups is 1. The standard InChI is InChI=1S/C27H40N4O2S/c1-8-14-30-23-17-20(25(32)29(15-12-18(3)4)16-13-19(5)6)10-11-22(23)31-26(33)24(34-7)21(9-2)28-27(30)31/h10-11,17-19H,8-9,12-16H2,1-7H3. The Morgan fingerprint density at radius 2 is 1.71 bits per heavy atom. The number of carbonyl (C=O) groups excluding carboxylic acids is 1. The van der Waals surface area contributed by atoms with Crippen molar-refractivity contribution in [3.63, 3.8) is 0 Å². The molecular formula is C27H40N4O2S. The summed E-state index contributed by atoms with van der Waals surface area (Å²) in [4.78, 5) is 34.6. The summed E-state index contributed by atoms with van der Waals surface area (Å²) < 4.78 is 3.82. The molecule has 0 spiro atoms. The molecule has 0 aliphatic rings. The first kappa shape index (κ1) is 26.3. The number of aromatic nitrogens is 3.